The molecule has 194 valence electrons. The minimum atomic E-state index is -0.526. The molecule has 37 heavy (non-hydrogen) atoms. The van der Waals surface area contributed by atoms with Crippen LogP contribution >= 0.6 is 0 Å². The summed E-state index contributed by atoms with van der Waals surface area (Å²) in [5.41, 5.74) is 10.2. The molecule has 4 aromatic heterocycles. The van der Waals surface area contributed by atoms with Crippen LogP contribution in [0.5, 0.6) is 0 Å². The Bertz CT molecular complexity index is 1510. The molecule has 0 bridgehead atoms. The third kappa shape index (κ3) is 4.25. The molecule has 4 aromatic rings. The molecule has 0 aliphatic carbocycles. The van der Waals surface area contributed by atoms with Gasteiger partial charge in [-0.25, -0.2) is 19.3 Å². The van der Waals surface area contributed by atoms with Crippen LogP contribution in [0.25, 0.3) is 27.9 Å². The van der Waals surface area contributed by atoms with E-state index in [0.717, 1.165) is 71.7 Å². The Labute approximate surface area is 216 Å². The standard InChI is InChI=1S/C28H34N6O3/c1-16-17(2)26-29-15-30-34(26)13-20(16)24-23(18-7-10-36-11-8-18)25-21(31-24)12-19-6-9-33(14-22(19)32-25)27(35)37-28(3,4)5/h12-13,15,18,31H,6-11,14H2,1-5H3. The van der Waals surface area contributed by atoms with Crippen molar-refractivity contribution in [1.29, 1.82) is 0 Å². The van der Waals surface area contributed by atoms with E-state index >= 15 is 0 Å². The topological polar surface area (TPSA) is 97.6 Å². The Balaban J connectivity index is 1.48. The average Bonchev–Trinajstić information content (AvgIpc) is 3.48. The molecule has 0 unspecified atom stereocenters. The molecule has 1 N–H and O–H groups in total. The lowest BCUT2D eigenvalue weighted by molar-refractivity contribution is 0.0221. The van der Waals surface area contributed by atoms with Gasteiger partial charge in [0.05, 0.1) is 29.0 Å². The fraction of sp³-hybridized carbons (Fsp3) is 0.500. The summed E-state index contributed by atoms with van der Waals surface area (Å²) >= 11 is 0. The van der Waals surface area contributed by atoms with Crippen molar-refractivity contribution < 1.29 is 14.3 Å². The highest BCUT2D eigenvalue weighted by molar-refractivity contribution is 5.90. The molecular weight excluding hydrogens is 468 g/mol. The van der Waals surface area contributed by atoms with E-state index in [0.29, 0.717) is 19.0 Å². The Hall–Kier alpha value is -3.46. The van der Waals surface area contributed by atoms with Crippen molar-refractivity contribution >= 4 is 22.8 Å². The van der Waals surface area contributed by atoms with Crippen molar-refractivity contribution in [1.82, 2.24) is 29.5 Å². The number of pyridine rings is 2. The van der Waals surface area contributed by atoms with Crippen LogP contribution in [0.15, 0.2) is 18.6 Å². The Kier molecular flexibility index (Phi) is 5.71. The van der Waals surface area contributed by atoms with Gasteiger partial charge in [0.1, 0.15) is 11.9 Å². The number of carbonyl (C=O) groups excluding carboxylic acids is 1. The summed E-state index contributed by atoms with van der Waals surface area (Å²) in [6, 6.07) is 2.23. The van der Waals surface area contributed by atoms with Gasteiger partial charge >= 0.3 is 6.09 Å². The van der Waals surface area contributed by atoms with E-state index in [1.165, 1.54) is 16.7 Å². The first-order valence-electron chi connectivity index (χ1n) is 13.1. The van der Waals surface area contributed by atoms with Crippen LogP contribution in [0.4, 0.5) is 4.79 Å². The SMILES string of the molecule is Cc1c(-c2[nH]c3cc4c(nc3c2C2CCOCC2)CN(C(=O)OC(C)(C)C)CC4)cn2ncnc2c1C. The van der Waals surface area contributed by atoms with Crippen molar-refractivity contribution in [2.24, 2.45) is 0 Å². The third-order valence-electron chi connectivity index (χ3n) is 7.64. The van der Waals surface area contributed by atoms with Crippen LogP contribution in [0.3, 0.4) is 0 Å². The van der Waals surface area contributed by atoms with Crippen LogP contribution in [0.2, 0.25) is 0 Å². The van der Waals surface area contributed by atoms with Gasteiger partial charge in [0.2, 0.25) is 0 Å². The van der Waals surface area contributed by atoms with Crippen LogP contribution in [-0.4, -0.2) is 60.9 Å². The maximum atomic E-state index is 12.8. The second-order valence-electron chi connectivity index (χ2n) is 11.3. The van der Waals surface area contributed by atoms with Gasteiger partial charge in [-0.1, -0.05) is 0 Å². The first-order chi connectivity index (χ1) is 17.7. The quantitative estimate of drug-likeness (QED) is 0.411. The fourth-order valence-corrected chi connectivity index (χ4v) is 5.61. The number of hydrogen-bond donors (Lipinski definition) is 1. The number of nitrogens with zero attached hydrogens (tertiary/aromatic N) is 5. The minimum Gasteiger partial charge on any atom is -0.444 e. The number of ether oxygens (including phenoxy) is 2. The van der Waals surface area contributed by atoms with Gasteiger partial charge in [0.15, 0.2) is 5.65 Å². The maximum Gasteiger partial charge on any atom is 0.410 e. The average molecular weight is 503 g/mol. The number of nitrogens with one attached hydrogen (secondary N) is 1. The number of aromatic nitrogens is 5. The summed E-state index contributed by atoms with van der Waals surface area (Å²) in [5, 5.41) is 4.42. The van der Waals surface area contributed by atoms with Crippen LogP contribution in [0.1, 0.15) is 67.5 Å². The van der Waals surface area contributed by atoms with E-state index in [-0.39, 0.29) is 6.09 Å². The molecule has 6 rings (SSSR count). The summed E-state index contributed by atoms with van der Waals surface area (Å²) in [6.45, 7) is 12.5. The van der Waals surface area contributed by atoms with E-state index in [1.54, 1.807) is 11.2 Å². The highest BCUT2D eigenvalue weighted by atomic mass is 16.6. The number of aryl methyl sites for hydroxylation is 1. The zero-order valence-corrected chi connectivity index (χ0v) is 22.2. The zero-order chi connectivity index (χ0) is 25.9. The third-order valence-corrected chi connectivity index (χ3v) is 7.64. The van der Waals surface area contributed by atoms with Gasteiger partial charge in [-0.05, 0) is 82.6 Å². The molecule has 6 heterocycles. The molecule has 9 nitrogen and oxygen atoms in total. The largest absolute Gasteiger partial charge is 0.444 e. The second-order valence-corrected chi connectivity index (χ2v) is 11.3. The van der Waals surface area contributed by atoms with Crippen molar-refractivity contribution in [3.05, 3.63) is 46.5 Å². The molecule has 0 spiro atoms. The molecule has 2 aliphatic heterocycles. The van der Waals surface area contributed by atoms with Crippen molar-refractivity contribution in [2.75, 3.05) is 19.8 Å². The smallest absolute Gasteiger partial charge is 0.410 e. The summed E-state index contributed by atoms with van der Waals surface area (Å²) in [7, 11) is 0. The first kappa shape index (κ1) is 23.9. The van der Waals surface area contributed by atoms with Gasteiger partial charge in [0, 0.05) is 37.1 Å². The number of amides is 1. The fourth-order valence-electron chi connectivity index (χ4n) is 5.61. The lowest BCUT2D eigenvalue weighted by atomic mass is 9.88. The van der Waals surface area contributed by atoms with E-state index in [4.69, 9.17) is 14.5 Å². The number of carbonyl (C=O) groups is 1. The monoisotopic (exact) mass is 502 g/mol. The second kappa shape index (κ2) is 8.83. The van der Waals surface area contributed by atoms with E-state index in [1.807, 2.05) is 25.3 Å². The molecule has 2 aliphatic rings. The van der Waals surface area contributed by atoms with E-state index in [9.17, 15) is 4.79 Å². The summed E-state index contributed by atoms with van der Waals surface area (Å²) < 4.78 is 13.2. The maximum absolute atomic E-state index is 12.8. The molecule has 1 fully saturated rings. The number of aromatic amines is 1. The number of fused-ring (bicyclic) bond motifs is 3. The Morgan fingerprint density at radius 2 is 1.97 bits per heavy atom. The molecular formula is C28H34N6O3. The molecule has 9 heteroatoms. The van der Waals surface area contributed by atoms with Gasteiger partial charge < -0.3 is 19.4 Å². The van der Waals surface area contributed by atoms with Crippen molar-refractivity contribution in [3.8, 4) is 11.3 Å². The number of hydrogen-bond acceptors (Lipinski definition) is 6. The van der Waals surface area contributed by atoms with E-state index < -0.39 is 5.60 Å². The van der Waals surface area contributed by atoms with Gasteiger partial charge in [-0.15, -0.1) is 0 Å². The number of rotatable bonds is 2. The lowest BCUT2D eigenvalue weighted by Gasteiger charge is -2.30. The minimum absolute atomic E-state index is 0.285. The van der Waals surface area contributed by atoms with Gasteiger partial charge in [0.25, 0.3) is 0 Å². The molecule has 0 aromatic carbocycles. The highest BCUT2D eigenvalue weighted by Crippen LogP contribution is 2.41. The van der Waals surface area contributed by atoms with Crippen molar-refractivity contribution in [3.63, 3.8) is 0 Å². The molecule has 1 amide bonds. The molecule has 0 saturated carbocycles. The Morgan fingerprint density at radius 3 is 2.73 bits per heavy atom. The van der Waals surface area contributed by atoms with Crippen LogP contribution in [-0.2, 0) is 22.4 Å². The van der Waals surface area contributed by atoms with Crippen LogP contribution in [0, 0.1) is 13.8 Å². The summed E-state index contributed by atoms with van der Waals surface area (Å²) in [6.07, 6.45) is 6.04. The number of H-pyrrole nitrogens is 1. The van der Waals surface area contributed by atoms with Gasteiger partial charge in [-0.3, -0.25) is 0 Å². The summed E-state index contributed by atoms with van der Waals surface area (Å²) in [4.78, 5) is 27.9. The zero-order valence-electron chi connectivity index (χ0n) is 22.2. The van der Waals surface area contributed by atoms with Crippen LogP contribution < -0.4 is 0 Å². The lowest BCUT2D eigenvalue weighted by Crippen LogP contribution is -2.40. The van der Waals surface area contributed by atoms with E-state index in [2.05, 4.69) is 41.2 Å². The highest BCUT2D eigenvalue weighted by Gasteiger charge is 2.30. The molecule has 0 atom stereocenters. The predicted octanol–water partition coefficient (Wildman–Crippen LogP) is 5.08. The normalized spacial score (nSPS) is 16.9. The summed E-state index contributed by atoms with van der Waals surface area (Å²) in [5.74, 6) is 0.333. The van der Waals surface area contributed by atoms with Gasteiger partial charge in [-0.2, -0.15) is 5.10 Å². The Morgan fingerprint density at radius 1 is 1.19 bits per heavy atom. The molecule has 1 saturated heterocycles. The van der Waals surface area contributed by atoms with Crippen molar-refractivity contribution in [2.45, 2.75) is 71.9 Å². The first-order valence-corrected chi connectivity index (χ1v) is 13.1. The molecule has 0 radical (unpaired) electrons. The predicted molar refractivity (Wildman–Crippen MR) is 141 cm³/mol.